The Morgan fingerprint density at radius 1 is 1.41 bits per heavy atom. The molecule has 0 aliphatic heterocycles. The third-order valence-corrected chi connectivity index (χ3v) is 2.57. The number of hydrogen-bond acceptors (Lipinski definition) is 2. The van der Waals surface area contributed by atoms with Gasteiger partial charge in [0.2, 0.25) is 0 Å². The molecule has 0 unspecified atom stereocenters. The lowest BCUT2D eigenvalue weighted by Crippen LogP contribution is -2.40. The molecular weight excluding hydrogens is 241 g/mol. The molecule has 1 aromatic carbocycles. The average Bonchev–Trinajstić information content (AvgIpc) is 2.23. The molecule has 0 aliphatic rings. The molecule has 0 bridgehead atoms. The van der Waals surface area contributed by atoms with Crippen molar-refractivity contribution >= 4 is 11.6 Å². The minimum Gasteiger partial charge on any atom is -0.486 e. The molecule has 0 heterocycles. The van der Waals surface area contributed by atoms with Crippen LogP contribution < -0.4 is 10.1 Å². The molecular formula is C13H19ClFNO. The summed E-state index contributed by atoms with van der Waals surface area (Å²) in [6.07, 6.45) is 1.08. The van der Waals surface area contributed by atoms with Crippen LogP contribution in [-0.4, -0.2) is 18.7 Å². The van der Waals surface area contributed by atoms with E-state index in [-0.39, 0.29) is 10.6 Å². The van der Waals surface area contributed by atoms with E-state index in [0.29, 0.717) is 12.3 Å². The van der Waals surface area contributed by atoms with Gasteiger partial charge in [0.1, 0.15) is 17.2 Å². The lowest BCUT2D eigenvalue weighted by molar-refractivity contribution is 0.108. The summed E-state index contributed by atoms with van der Waals surface area (Å²) in [6, 6.07) is 4.48. The van der Waals surface area contributed by atoms with Gasteiger partial charge in [0, 0.05) is 12.6 Å². The zero-order valence-electron chi connectivity index (χ0n) is 10.5. The fraction of sp³-hybridized carbons (Fsp3) is 0.538. The van der Waals surface area contributed by atoms with Crippen LogP contribution >= 0.6 is 11.6 Å². The highest BCUT2D eigenvalue weighted by Gasteiger charge is 2.19. The van der Waals surface area contributed by atoms with Crippen molar-refractivity contribution in [1.29, 1.82) is 0 Å². The van der Waals surface area contributed by atoms with E-state index in [2.05, 4.69) is 12.2 Å². The SMILES string of the molecule is CCCNCC(C)(C)Oc1ccc(Cl)c(F)c1. The monoisotopic (exact) mass is 259 g/mol. The maximum atomic E-state index is 13.2. The Labute approximate surface area is 107 Å². The molecule has 0 saturated carbocycles. The Hall–Kier alpha value is -0.800. The van der Waals surface area contributed by atoms with Crippen molar-refractivity contribution < 1.29 is 9.13 Å². The molecule has 17 heavy (non-hydrogen) atoms. The molecule has 0 radical (unpaired) electrons. The van der Waals surface area contributed by atoms with E-state index in [1.165, 1.54) is 12.1 Å². The number of hydrogen-bond donors (Lipinski definition) is 1. The van der Waals surface area contributed by atoms with E-state index in [9.17, 15) is 4.39 Å². The standard InChI is InChI=1S/C13H19ClFNO/c1-4-7-16-9-13(2,3)17-10-5-6-11(14)12(15)8-10/h5-6,8,16H,4,7,9H2,1-3H3. The average molecular weight is 260 g/mol. The van der Waals surface area contributed by atoms with Gasteiger partial charge in [-0.3, -0.25) is 0 Å². The van der Waals surface area contributed by atoms with Gasteiger partial charge in [-0.05, 0) is 38.9 Å². The maximum Gasteiger partial charge on any atom is 0.145 e. The highest BCUT2D eigenvalue weighted by Crippen LogP contribution is 2.23. The topological polar surface area (TPSA) is 21.3 Å². The van der Waals surface area contributed by atoms with Crippen LogP contribution in [0.2, 0.25) is 5.02 Å². The number of rotatable bonds is 6. The molecule has 0 saturated heterocycles. The molecule has 4 heteroatoms. The summed E-state index contributed by atoms with van der Waals surface area (Å²) in [5, 5.41) is 3.39. The fourth-order valence-electron chi connectivity index (χ4n) is 1.46. The second kappa shape index (κ2) is 6.22. The molecule has 1 rings (SSSR count). The first kappa shape index (κ1) is 14.3. The Balaban J connectivity index is 2.59. The lowest BCUT2D eigenvalue weighted by atomic mass is 10.1. The van der Waals surface area contributed by atoms with Gasteiger partial charge in [-0.1, -0.05) is 18.5 Å². The molecule has 2 nitrogen and oxygen atoms in total. The summed E-state index contributed by atoms with van der Waals surface area (Å²) in [5.74, 6) is 0.0386. The van der Waals surface area contributed by atoms with Crippen LogP contribution in [0.3, 0.4) is 0 Å². The predicted octanol–water partition coefficient (Wildman–Crippen LogP) is 3.64. The zero-order chi connectivity index (χ0) is 12.9. The van der Waals surface area contributed by atoms with Gasteiger partial charge in [0.25, 0.3) is 0 Å². The van der Waals surface area contributed by atoms with Crippen molar-refractivity contribution in [2.24, 2.45) is 0 Å². The Morgan fingerprint density at radius 3 is 2.71 bits per heavy atom. The maximum absolute atomic E-state index is 13.2. The molecule has 0 aromatic heterocycles. The van der Waals surface area contributed by atoms with Gasteiger partial charge in [-0.2, -0.15) is 0 Å². The fourth-order valence-corrected chi connectivity index (χ4v) is 1.58. The second-order valence-corrected chi connectivity index (χ2v) is 5.02. The quantitative estimate of drug-likeness (QED) is 0.788. The van der Waals surface area contributed by atoms with E-state index < -0.39 is 5.82 Å². The lowest BCUT2D eigenvalue weighted by Gasteiger charge is -2.27. The number of halogens is 2. The van der Waals surface area contributed by atoms with Gasteiger partial charge in [0.15, 0.2) is 0 Å². The summed E-state index contributed by atoms with van der Waals surface area (Å²) in [5.41, 5.74) is -0.380. The van der Waals surface area contributed by atoms with Crippen molar-refractivity contribution in [2.45, 2.75) is 32.8 Å². The third kappa shape index (κ3) is 4.92. The van der Waals surface area contributed by atoms with E-state index in [0.717, 1.165) is 13.0 Å². The van der Waals surface area contributed by atoms with Crippen molar-refractivity contribution in [3.8, 4) is 5.75 Å². The number of nitrogens with one attached hydrogen (secondary N) is 1. The van der Waals surface area contributed by atoms with Gasteiger partial charge in [0.05, 0.1) is 5.02 Å². The Bertz CT molecular complexity index is 368. The van der Waals surface area contributed by atoms with Crippen molar-refractivity contribution in [1.82, 2.24) is 5.32 Å². The van der Waals surface area contributed by atoms with Crippen molar-refractivity contribution in [3.63, 3.8) is 0 Å². The highest BCUT2D eigenvalue weighted by atomic mass is 35.5. The van der Waals surface area contributed by atoms with Crippen LogP contribution in [0.15, 0.2) is 18.2 Å². The van der Waals surface area contributed by atoms with Crippen LogP contribution in [0.4, 0.5) is 4.39 Å². The van der Waals surface area contributed by atoms with Crippen LogP contribution in [0, 0.1) is 5.82 Å². The Morgan fingerprint density at radius 2 is 2.12 bits per heavy atom. The van der Waals surface area contributed by atoms with Gasteiger partial charge >= 0.3 is 0 Å². The molecule has 0 atom stereocenters. The molecule has 96 valence electrons. The third-order valence-electron chi connectivity index (χ3n) is 2.26. The van der Waals surface area contributed by atoms with Crippen LogP contribution in [0.1, 0.15) is 27.2 Å². The predicted molar refractivity (Wildman–Crippen MR) is 69.3 cm³/mol. The van der Waals surface area contributed by atoms with Crippen LogP contribution in [0.5, 0.6) is 5.75 Å². The molecule has 1 aromatic rings. The minimum absolute atomic E-state index is 0.110. The van der Waals surface area contributed by atoms with E-state index in [1.54, 1.807) is 6.07 Å². The molecule has 0 spiro atoms. The summed E-state index contributed by atoms with van der Waals surface area (Å²) in [4.78, 5) is 0. The highest BCUT2D eigenvalue weighted by molar-refractivity contribution is 6.30. The summed E-state index contributed by atoms with van der Waals surface area (Å²) in [7, 11) is 0. The molecule has 0 fully saturated rings. The first-order valence-electron chi connectivity index (χ1n) is 5.79. The van der Waals surface area contributed by atoms with E-state index >= 15 is 0 Å². The Kier molecular flexibility index (Phi) is 5.22. The smallest absolute Gasteiger partial charge is 0.145 e. The minimum atomic E-state index is -0.457. The number of ether oxygens (including phenoxy) is 1. The molecule has 0 amide bonds. The number of benzene rings is 1. The van der Waals surface area contributed by atoms with Gasteiger partial charge < -0.3 is 10.1 Å². The molecule has 1 N–H and O–H groups in total. The van der Waals surface area contributed by atoms with Crippen LogP contribution in [0.25, 0.3) is 0 Å². The first-order chi connectivity index (χ1) is 7.94. The first-order valence-corrected chi connectivity index (χ1v) is 6.17. The normalized spacial score (nSPS) is 11.6. The second-order valence-electron chi connectivity index (χ2n) is 4.61. The molecule has 0 aliphatic carbocycles. The van der Waals surface area contributed by atoms with Gasteiger partial charge in [-0.25, -0.2) is 4.39 Å². The summed E-state index contributed by atoms with van der Waals surface area (Å²) < 4.78 is 19.0. The van der Waals surface area contributed by atoms with Gasteiger partial charge in [-0.15, -0.1) is 0 Å². The largest absolute Gasteiger partial charge is 0.486 e. The van der Waals surface area contributed by atoms with E-state index in [1.807, 2.05) is 13.8 Å². The zero-order valence-corrected chi connectivity index (χ0v) is 11.3. The van der Waals surface area contributed by atoms with E-state index in [4.69, 9.17) is 16.3 Å². The summed E-state index contributed by atoms with van der Waals surface area (Å²) >= 11 is 5.61. The van der Waals surface area contributed by atoms with Crippen molar-refractivity contribution in [3.05, 3.63) is 29.0 Å². The summed E-state index contributed by atoms with van der Waals surface area (Å²) in [6.45, 7) is 7.69. The van der Waals surface area contributed by atoms with Crippen LogP contribution in [-0.2, 0) is 0 Å². The van der Waals surface area contributed by atoms with Crippen molar-refractivity contribution in [2.75, 3.05) is 13.1 Å².